The molecule has 0 bridgehead atoms. The Morgan fingerprint density at radius 3 is 2.20 bits per heavy atom. The van der Waals surface area contributed by atoms with E-state index in [2.05, 4.69) is 12.2 Å². The largest absolute Gasteiger partial charge is 0.416 e. The van der Waals surface area contributed by atoms with Crippen LogP contribution in [-0.4, -0.2) is 6.04 Å². The van der Waals surface area contributed by atoms with Gasteiger partial charge in [0.25, 0.3) is 0 Å². The van der Waals surface area contributed by atoms with Crippen molar-refractivity contribution < 1.29 is 13.2 Å². The molecule has 1 N–H and O–H groups in total. The van der Waals surface area contributed by atoms with Gasteiger partial charge in [0.15, 0.2) is 0 Å². The summed E-state index contributed by atoms with van der Waals surface area (Å²) in [7, 11) is 0. The summed E-state index contributed by atoms with van der Waals surface area (Å²) in [6, 6.07) is 5.92. The molecule has 0 spiro atoms. The van der Waals surface area contributed by atoms with E-state index in [1.54, 1.807) is 12.1 Å². The minimum Gasteiger partial charge on any atom is -0.308 e. The fourth-order valence-corrected chi connectivity index (χ4v) is 2.78. The molecule has 1 aromatic rings. The van der Waals surface area contributed by atoms with Crippen molar-refractivity contribution in [3.05, 3.63) is 35.4 Å². The zero-order chi connectivity index (χ0) is 14.8. The maximum atomic E-state index is 12.5. The molecule has 112 valence electrons. The zero-order valence-electron chi connectivity index (χ0n) is 12.0. The van der Waals surface area contributed by atoms with Crippen LogP contribution in [0, 0.1) is 5.92 Å². The first-order valence-corrected chi connectivity index (χ1v) is 7.29. The van der Waals surface area contributed by atoms with Gasteiger partial charge in [-0.1, -0.05) is 31.4 Å². The Bertz CT molecular complexity index is 420. The summed E-state index contributed by atoms with van der Waals surface area (Å²) in [4.78, 5) is 0. The van der Waals surface area contributed by atoms with Crippen molar-refractivity contribution in [3.63, 3.8) is 0 Å². The molecule has 4 heteroatoms. The molecule has 0 amide bonds. The molecule has 1 aromatic carbocycles. The van der Waals surface area contributed by atoms with Crippen LogP contribution in [0.25, 0.3) is 0 Å². The molecule has 2 atom stereocenters. The quantitative estimate of drug-likeness (QED) is 0.808. The van der Waals surface area contributed by atoms with Gasteiger partial charge in [-0.15, -0.1) is 0 Å². The standard InChI is InChI=1S/C16H22F3N/c1-11(10-13-4-3-5-13)20-12(2)14-6-8-15(9-7-14)16(17,18)19/h6-9,11-13,20H,3-5,10H2,1-2H3. The normalized spacial score (nSPS) is 19.4. The number of rotatable bonds is 5. The SMILES string of the molecule is CC(CC1CCC1)NC(C)c1ccc(C(F)(F)F)cc1. The van der Waals surface area contributed by atoms with E-state index in [1.807, 2.05) is 6.92 Å². The fraction of sp³-hybridized carbons (Fsp3) is 0.625. The predicted molar refractivity (Wildman–Crippen MR) is 74.4 cm³/mol. The van der Waals surface area contributed by atoms with Gasteiger partial charge in [0.2, 0.25) is 0 Å². The monoisotopic (exact) mass is 285 g/mol. The summed E-state index contributed by atoms with van der Waals surface area (Å²) in [6.07, 6.45) is 0.880. The highest BCUT2D eigenvalue weighted by Gasteiger charge is 2.30. The zero-order valence-corrected chi connectivity index (χ0v) is 12.0. The van der Waals surface area contributed by atoms with Crippen LogP contribution in [0.4, 0.5) is 13.2 Å². The highest BCUT2D eigenvalue weighted by molar-refractivity contribution is 5.26. The van der Waals surface area contributed by atoms with Crippen LogP contribution in [0.1, 0.15) is 56.7 Å². The maximum Gasteiger partial charge on any atom is 0.416 e. The second-order valence-electron chi connectivity index (χ2n) is 5.94. The van der Waals surface area contributed by atoms with Gasteiger partial charge in [0, 0.05) is 12.1 Å². The van der Waals surface area contributed by atoms with E-state index in [0.29, 0.717) is 6.04 Å². The molecule has 1 aliphatic carbocycles. The summed E-state index contributed by atoms with van der Waals surface area (Å²) >= 11 is 0. The van der Waals surface area contributed by atoms with Crippen LogP contribution in [0.15, 0.2) is 24.3 Å². The Balaban J connectivity index is 1.89. The highest BCUT2D eigenvalue weighted by Crippen LogP contribution is 2.32. The second kappa shape index (κ2) is 6.17. The minimum atomic E-state index is -4.26. The third-order valence-electron chi connectivity index (χ3n) is 4.18. The van der Waals surface area contributed by atoms with Gasteiger partial charge >= 0.3 is 6.18 Å². The summed E-state index contributed by atoms with van der Waals surface area (Å²) in [5, 5.41) is 3.47. The third-order valence-corrected chi connectivity index (χ3v) is 4.18. The maximum absolute atomic E-state index is 12.5. The van der Waals surface area contributed by atoms with Crippen LogP contribution >= 0.6 is 0 Å². The molecule has 0 saturated heterocycles. The summed E-state index contributed by atoms with van der Waals surface area (Å²) < 4.78 is 37.5. The number of hydrogen-bond donors (Lipinski definition) is 1. The molecular formula is C16H22F3N. The van der Waals surface area contributed by atoms with Gasteiger partial charge < -0.3 is 5.32 Å². The highest BCUT2D eigenvalue weighted by atomic mass is 19.4. The van der Waals surface area contributed by atoms with Gasteiger partial charge in [0.1, 0.15) is 0 Å². The Labute approximate surface area is 118 Å². The van der Waals surface area contributed by atoms with Gasteiger partial charge in [-0.25, -0.2) is 0 Å². The number of alkyl halides is 3. The lowest BCUT2D eigenvalue weighted by Gasteiger charge is -2.30. The van der Waals surface area contributed by atoms with Crippen LogP contribution in [-0.2, 0) is 6.18 Å². The van der Waals surface area contributed by atoms with E-state index in [1.165, 1.54) is 19.3 Å². The van der Waals surface area contributed by atoms with Crippen molar-refractivity contribution in [2.24, 2.45) is 5.92 Å². The van der Waals surface area contributed by atoms with Gasteiger partial charge in [-0.3, -0.25) is 0 Å². The number of halogens is 3. The smallest absolute Gasteiger partial charge is 0.308 e. The minimum absolute atomic E-state index is 0.0763. The molecule has 20 heavy (non-hydrogen) atoms. The fourth-order valence-electron chi connectivity index (χ4n) is 2.78. The van der Waals surface area contributed by atoms with Crippen molar-refractivity contribution in [1.29, 1.82) is 0 Å². The average Bonchev–Trinajstić information content (AvgIpc) is 2.33. The van der Waals surface area contributed by atoms with Crippen molar-refractivity contribution in [2.45, 2.75) is 57.8 Å². The number of nitrogens with one attached hydrogen (secondary N) is 1. The van der Waals surface area contributed by atoms with Crippen molar-refractivity contribution in [1.82, 2.24) is 5.32 Å². The van der Waals surface area contributed by atoms with Crippen LogP contribution in [0.3, 0.4) is 0 Å². The first-order valence-electron chi connectivity index (χ1n) is 7.29. The number of benzene rings is 1. The van der Waals surface area contributed by atoms with Gasteiger partial charge in [-0.05, 0) is 43.9 Å². The van der Waals surface area contributed by atoms with E-state index >= 15 is 0 Å². The molecule has 0 aliphatic heterocycles. The van der Waals surface area contributed by atoms with Crippen molar-refractivity contribution in [2.75, 3.05) is 0 Å². The molecule has 0 aromatic heterocycles. The summed E-state index contributed by atoms with van der Waals surface area (Å²) in [6.45, 7) is 4.15. The van der Waals surface area contributed by atoms with E-state index in [4.69, 9.17) is 0 Å². The molecule has 1 aliphatic rings. The first kappa shape index (κ1) is 15.4. The lowest BCUT2D eigenvalue weighted by atomic mass is 9.81. The molecule has 0 radical (unpaired) electrons. The van der Waals surface area contributed by atoms with Crippen LogP contribution < -0.4 is 5.32 Å². The topological polar surface area (TPSA) is 12.0 Å². The Morgan fingerprint density at radius 2 is 1.75 bits per heavy atom. The van der Waals surface area contributed by atoms with Gasteiger partial charge in [0.05, 0.1) is 5.56 Å². The second-order valence-corrected chi connectivity index (χ2v) is 5.94. The first-order chi connectivity index (χ1) is 9.36. The lowest BCUT2D eigenvalue weighted by molar-refractivity contribution is -0.137. The molecule has 2 rings (SSSR count). The van der Waals surface area contributed by atoms with E-state index in [0.717, 1.165) is 30.0 Å². The molecule has 1 fully saturated rings. The third kappa shape index (κ3) is 3.98. The Morgan fingerprint density at radius 1 is 1.15 bits per heavy atom. The van der Waals surface area contributed by atoms with E-state index in [-0.39, 0.29) is 6.04 Å². The molecule has 1 nitrogen and oxygen atoms in total. The summed E-state index contributed by atoms with van der Waals surface area (Å²) in [5.41, 5.74) is 0.314. The van der Waals surface area contributed by atoms with E-state index < -0.39 is 11.7 Å². The number of hydrogen-bond acceptors (Lipinski definition) is 1. The molecule has 0 heterocycles. The lowest BCUT2D eigenvalue weighted by Crippen LogP contribution is -2.32. The van der Waals surface area contributed by atoms with Crippen molar-refractivity contribution in [3.8, 4) is 0 Å². The van der Waals surface area contributed by atoms with E-state index in [9.17, 15) is 13.2 Å². The Hall–Kier alpha value is -1.03. The van der Waals surface area contributed by atoms with Crippen LogP contribution in [0.2, 0.25) is 0 Å². The van der Waals surface area contributed by atoms with Crippen LogP contribution in [0.5, 0.6) is 0 Å². The average molecular weight is 285 g/mol. The van der Waals surface area contributed by atoms with Crippen molar-refractivity contribution >= 4 is 0 Å². The molecule has 1 saturated carbocycles. The Kier molecular flexibility index (Phi) is 4.74. The molecule has 2 unspecified atom stereocenters. The predicted octanol–water partition coefficient (Wildman–Crippen LogP) is 4.93. The van der Waals surface area contributed by atoms with Gasteiger partial charge in [-0.2, -0.15) is 13.2 Å². The molecular weight excluding hydrogens is 263 g/mol. The summed E-state index contributed by atoms with van der Waals surface area (Å²) in [5.74, 6) is 0.831.